The van der Waals surface area contributed by atoms with Crippen LogP contribution in [0.5, 0.6) is 0 Å². The summed E-state index contributed by atoms with van der Waals surface area (Å²) in [5.41, 5.74) is 1.21. The van der Waals surface area contributed by atoms with E-state index >= 15 is 0 Å². The van der Waals surface area contributed by atoms with Crippen LogP contribution in [0.1, 0.15) is 40.2 Å². The van der Waals surface area contributed by atoms with Crippen molar-refractivity contribution in [2.75, 3.05) is 31.1 Å². The number of ether oxygens (including phenoxy) is 1. The van der Waals surface area contributed by atoms with Crippen LogP contribution >= 0.6 is 0 Å². The lowest BCUT2D eigenvalue weighted by molar-refractivity contribution is -0.385. The number of nitro benzene ring substituents is 1. The molecule has 0 aromatic heterocycles. The highest BCUT2D eigenvalue weighted by atomic mass is 16.6. The normalized spacial score (nSPS) is 14.5. The van der Waals surface area contributed by atoms with Crippen LogP contribution in [0.2, 0.25) is 0 Å². The molecule has 1 aliphatic rings. The predicted molar refractivity (Wildman–Crippen MR) is 99.2 cm³/mol. The van der Waals surface area contributed by atoms with Gasteiger partial charge in [0, 0.05) is 43.5 Å². The minimum Gasteiger partial charge on any atom is -0.444 e. The molecule has 1 amide bonds. The van der Waals surface area contributed by atoms with Crippen LogP contribution in [0.25, 0.3) is 0 Å². The van der Waals surface area contributed by atoms with Gasteiger partial charge in [-0.25, -0.2) is 4.79 Å². The van der Waals surface area contributed by atoms with Crippen LogP contribution < -0.4 is 4.90 Å². The van der Waals surface area contributed by atoms with Gasteiger partial charge in [-0.15, -0.1) is 0 Å². The zero-order chi connectivity index (χ0) is 19.2. The standard InChI is InChI=1S/C16H23N3O4.C2H6/c1-12-11-13(5-6-14(12)19(21)22)17-7-9-18(10-8-17)15(20)23-16(2,3)4;1-2/h5-6,11H,7-10H2,1-4H3;1-2H3. The topological polar surface area (TPSA) is 75.9 Å². The van der Waals surface area contributed by atoms with Crippen molar-refractivity contribution in [3.8, 4) is 0 Å². The Morgan fingerprint density at radius 1 is 1.16 bits per heavy atom. The molecule has 1 aromatic rings. The molecule has 140 valence electrons. The van der Waals surface area contributed by atoms with Crippen molar-refractivity contribution < 1.29 is 14.5 Å². The van der Waals surface area contributed by atoms with Gasteiger partial charge in [0.15, 0.2) is 0 Å². The van der Waals surface area contributed by atoms with Gasteiger partial charge in [-0.2, -0.15) is 0 Å². The predicted octanol–water partition coefficient (Wildman–Crippen LogP) is 3.99. The zero-order valence-corrected chi connectivity index (χ0v) is 16.0. The molecule has 0 atom stereocenters. The van der Waals surface area contributed by atoms with Crippen LogP contribution in [-0.2, 0) is 4.74 Å². The lowest BCUT2D eigenvalue weighted by Gasteiger charge is -2.36. The maximum atomic E-state index is 12.0. The molecule has 0 unspecified atom stereocenters. The van der Waals surface area contributed by atoms with Crippen molar-refractivity contribution >= 4 is 17.5 Å². The number of carbonyl (C=O) groups is 1. The fraction of sp³-hybridized carbons (Fsp3) is 0.611. The van der Waals surface area contributed by atoms with Gasteiger partial charge in [0.1, 0.15) is 5.60 Å². The zero-order valence-electron chi connectivity index (χ0n) is 16.0. The summed E-state index contributed by atoms with van der Waals surface area (Å²) in [5.74, 6) is 0. The number of aryl methyl sites for hydroxylation is 1. The van der Waals surface area contributed by atoms with Gasteiger partial charge in [0.05, 0.1) is 4.92 Å². The highest BCUT2D eigenvalue weighted by Crippen LogP contribution is 2.25. The Labute approximate surface area is 149 Å². The Balaban J connectivity index is 0.00000151. The number of rotatable bonds is 2. The Morgan fingerprint density at radius 2 is 1.72 bits per heavy atom. The highest BCUT2D eigenvalue weighted by molar-refractivity contribution is 5.68. The Morgan fingerprint density at radius 3 is 2.16 bits per heavy atom. The summed E-state index contributed by atoms with van der Waals surface area (Å²) >= 11 is 0. The quantitative estimate of drug-likeness (QED) is 0.595. The van der Waals surface area contributed by atoms with Crippen LogP contribution in [0.3, 0.4) is 0 Å². The van der Waals surface area contributed by atoms with Crippen molar-refractivity contribution in [3.05, 3.63) is 33.9 Å². The monoisotopic (exact) mass is 351 g/mol. The first-order valence-corrected chi connectivity index (χ1v) is 8.65. The number of benzene rings is 1. The smallest absolute Gasteiger partial charge is 0.410 e. The minimum atomic E-state index is -0.496. The van der Waals surface area contributed by atoms with Crippen molar-refractivity contribution in [2.24, 2.45) is 0 Å². The van der Waals surface area contributed by atoms with E-state index in [9.17, 15) is 14.9 Å². The number of hydrogen-bond acceptors (Lipinski definition) is 5. The molecule has 0 saturated carbocycles. The van der Waals surface area contributed by atoms with Gasteiger partial charge in [-0.05, 0) is 39.8 Å². The van der Waals surface area contributed by atoms with E-state index in [0.717, 1.165) is 5.69 Å². The van der Waals surface area contributed by atoms with E-state index < -0.39 is 5.60 Å². The van der Waals surface area contributed by atoms with E-state index in [2.05, 4.69) is 4.90 Å². The molecule has 1 aliphatic heterocycles. The SMILES string of the molecule is CC.Cc1cc(N2CCN(C(=O)OC(C)(C)C)CC2)ccc1[N+](=O)[O-]. The van der Waals surface area contributed by atoms with Gasteiger partial charge >= 0.3 is 6.09 Å². The third-order valence-corrected chi connectivity index (χ3v) is 3.67. The summed E-state index contributed by atoms with van der Waals surface area (Å²) in [5, 5.41) is 10.9. The summed E-state index contributed by atoms with van der Waals surface area (Å²) in [6.45, 7) is 13.8. The molecular weight excluding hydrogens is 322 g/mol. The van der Waals surface area contributed by atoms with Gasteiger partial charge in [-0.1, -0.05) is 13.8 Å². The van der Waals surface area contributed by atoms with Crippen molar-refractivity contribution in [2.45, 2.75) is 47.1 Å². The second-order valence-corrected chi connectivity index (χ2v) is 6.68. The molecule has 0 aliphatic carbocycles. The summed E-state index contributed by atoms with van der Waals surface area (Å²) in [6, 6.07) is 5.11. The molecule has 1 fully saturated rings. The van der Waals surface area contributed by atoms with Gasteiger partial charge in [0.2, 0.25) is 0 Å². The maximum absolute atomic E-state index is 12.0. The Kier molecular flexibility index (Phi) is 7.21. The molecule has 0 spiro atoms. The molecule has 7 heteroatoms. The average Bonchev–Trinajstić information content (AvgIpc) is 2.55. The number of nitro groups is 1. The first-order valence-electron chi connectivity index (χ1n) is 8.65. The van der Waals surface area contributed by atoms with E-state index in [0.29, 0.717) is 31.7 Å². The molecule has 1 aromatic carbocycles. The molecular formula is C18H29N3O4. The molecule has 0 N–H and O–H groups in total. The van der Waals surface area contributed by atoms with E-state index in [1.165, 1.54) is 6.07 Å². The Bertz CT molecular complexity index is 603. The molecule has 0 bridgehead atoms. The number of amides is 1. The number of anilines is 1. The number of carbonyl (C=O) groups excluding carboxylic acids is 1. The molecule has 1 saturated heterocycles. The fourth-order valence-corrected chi connectivity index (χ4v) is 2.51. The Hall–Kier alpha value is -2.31. The molecule has 0 radical (unpaired) electrons. The van der Waals surface area contributed by atoms with Crippen molar-refractivity contribution in [1.82, 2.24) is 4.90 Å². The largest absolute Gasteiger partial charge is 0.444 e. The number of hydrogen-bond donors (Lipinski definition) is 0. The van der Waals surface area contributed by atoms with Crippen molar-refractivity contribution in [1.29, 1.82) is 0 Å². The molecule has 2 rings (SSSR count). The number of nitrogens with zero attached hydrogens (tertiary/aromatic N) is 3. The van der Waals surface area contributed by atoms with E-state index in [1.54, 1.807) is 17.9 Å². The first kappa shape index (κ1) is 20.7. The third-order valence-electron chi connectivity index (χ3n) is 3.67. The van der Waals surface area contributed by atoms with E-state index in [-0.39, 0.29) is 16.7 Å². The van der Waals surface area contributed by atoms with E-state index in [4.69, 9.17) is 4.74 Å². The minimum absolute atomic E-state index is 0.126. The highest BCUT2D eigenvalue weighted by Gasteiger charge is 2.26. The number of piperazine rings is 1. The van der Waals surface area contributed by atoms with Crippen LogP contribution in [0, 0.1) is 17.0 Å². The lowest BCUT2D eigenvalue weighted by atomic mass is 10.1. The third kappa shape index (κ3) is 5.92. The van der Waals surface area contributed by atoms with E-state index in [1.807, 2.05) is 40.7 Å². The van der Waals surface area contributed by atoms with Crippen molar-refractivity contribution in [3.63, 3.8) is 0 Å². The maximum Gasteiger partial charge on any atom is 0.410 e. The van der Waals surface area contributed by atoms with Gasteiger partial charge in [-0.3, -0.25) is 10.1 Å². The molecule has 7 nitrogen and oxygen atoms in total. The van der Waals surface area contributed by atoms with Gasteiger partial charge < -0.3 is 14.5 Å². The molecule has 1 heterocycles. The second kappa shape index (κ2) is 8.69. The second-order valence-electron chi connectivity index (χ2n) is 6.68. The van der Waals surface area contributed by atoms with Gasteiger partial charge in [0.25, 0.3) is 5.69 Å². The van der Waals surface area contributed by atoms with Crippen LogP contribution in [0.4, 0.5) is 16.2 Å². The van der Waals surface area contributed by atoms with Crippen LogP contribution in [-0.4, -0.2) is 47.7 Å². The average molecular weight is 351 g/mol. The van der Waals surface area contributed by atoms with Crippen LogP contribution in [0.15, 0.2) is 18.2 Å². The summed E-state index contributed by atoms with van der Waals surface area (Å²) < 4.78 is 5.37. The molecule has 25 heavy (non-hydrogen) atoms. The summed E-state index contributed by atoms with van der Waals surface area (Å²) in [4.78, 5) is 26.4. The lowest BCUT2D eigenvalue weighted by Crippen LogP contribution is -2.50. The first-order chi connectivity index (χ1) is 11.7. The fourth-order valence-electron chi connectivity index (χ4n) is 2.51. The summed E-state index contributed by atoms with van der Waals surface area (Å²) in [6.07, 6.45) is -0.294. The summed E-state index contributed by atoms with van der Waals surface area (Å²) in [7, 11) is 0.